The number of piperidine rings is 1. The molecule has 0 radical (unpaired) electrons. The number of fused-ring (bicyclic) bond motifs is 1. The van der Waals surface area contributed by atoms with E-state index in [1.165, 1.54) is 18.3 Å². The van der Waals surface area contributed by atoms with Crippen LogP contribution < -0.4 is 11.1 Å². The Bertz CT molecular complexity index is 678. The van der Waals surface area contributed by atoms with Crippen LogP contribution in [0.5, 0.6) is 0 Å². The molecular formula is C17H22N4O4. The average Bonchev–Trinajstić information content (AvgIpc) is 3.04. The fourth-order valence-corrected chi connectivity index (χ4v) is 3.41. The first-order valence-electron chi connectivity index (χ1n) is 8.39. The quantitative estimate of drug-likeness (QED) is 0.740. The second kappa shape index (κ2) is 6.79. The van der Waals surface area contributed by atoms with Crippen molar-refractivity contribution in [1.29, 1.82) is 0 Å². The molecule has 1 aliphatic heterocycles. The number of aromatic nitrogens is 1. The number of pyridine rings is 1. The van der Waals surface area contributed by atoms with Crippen molar-refractivity contribution in [1.82, 2.24) is 15.2 Å². The molecule has 1 aromatic heterocycles. The summed E-state index contributed by atoms with van der Waals surface area (Å²) in [6, 6.07) is 3.04. The maximum atomic E-state index is 12.2. The Balaban J connectivity index is 1.50. The average molecular weight is 346 g/mol. The van der Waals surface area contributed by atoms with Crippen LogP contribution in [0.2, 0.25) is 0 Å². The van der Waals surface area contributed by atoms with E-state index in [9.17, 15) is 14.4 Å². The number of carbonyl (C=O) groups is 3. The van der Waals surface area contributed by atoms with Gasteiger partial charge in [0.25, 0.3) is 17.7 Å². The molecule has 1 saturated carbocycles. The lowest BCUT2D eigenvalue weighted by Crippen LogP contribution is -2.42. The van der Waals surface area contributed by atoms with Crippen LogP contribution in [-0.2, 0) is 9.53 Å². The number of ether oxygens (including phenoxy) is 1. The van der Waals surface area contributed by atoms with E-state index >= 15 is 0 Å². The van der Waals surface area contributed by atoms with Gasteiger partial charge in [0.15, 0.2) is 0 Å². The molecule has 0 aromatic carbocycles. The highest BCUT2D eigenvalue weighted by Crippen LogP contribution is 2.45. The highest BCUT2D eigenvalue weighted by molar-refractivity contribution is 5.96. The minimum absolute atomic E-state index is 0.00497. The first-order valence-corrected chi connectivity index (χ1v) is 8.39. The largest absolute Gasteiger partial charge is 0.369 e. The minimum Gasteiger partial charge on any atom is -0.369 e. The van der Waals surface area contributed by atoms with Gasteiger partial charge in [-0.25, -0.2) is 0 Å². The molecule has 2 aliphatic rings. The first kappa shape index (κ1) is 17.3. The summed E-state index contributed by atoms with van der Waals surface area (Å²) >= 11 is 0. The van der Waals surface area contributed by atoms with Gasteiger partial charge >= 0.3 is 0 Å². The van der Waals surface area contributed by atoms with E-state index in [-0.39, 0.29) is 23.6 Å². The second-order valence-electron chi connectivity index (χ2n) is 6.46. The van der Waals surface area contributed by atoms with Gasteiger partial charge in [-0.1, -0.05) is 0 Å². The molecule has 8 heteroatoms. The predicted molar refractivity (Wildman–Crippen MR) is 88.7 cm³/mol. The topological polar surface area (TPSA) is 115 Å². The Labute approximate surface area is 145 Å². The molecule has 25 heavy (non-hydrogen) atoms. The normalized spacial score (nSPS) is 25.2. The molecule has 3 amide bonds. The van der Waals surface area contributed by atoms with Crippen molar-refractivity contribution in [2.45, 2.75) is 26.0 Å². The number of rotatable bonds is 6. The van der Waals surface area contributed by atoms with Gasteiger partial charge in [-0.15, -0.1) is 0 Å². The summed E-state index contributed by atoms with van der Waals surface area (Å²) in [4.78, 5) is 41.1. The number of amides is 3. The molecule has 0 bridgehead atoms. The molecule has 8 nitrogen and oxygen atoms in total. The zero-order valence-electron chi connectivity index (χ0n) is 14.3. The Morgan fingerprint density at radius 2 is 2.04 bits per heavy atom. The number of nitrogens with two attached hydrogens (primary N) is 1. The smallest absolute Gasteiger partial charge is 0.267 e. The van der Waals surface area contributed by atoms with E-state index in [1.807, 2.05) is 11.8 Å². The van der Waals surface area contributed by atoms with E-state index in [2.05, 4.69) is 10.3 Å². The summed E-state index contributed by atoms with van der Waals surface area (Å²) in [7, 11) is 0. The van der Waals surface area contributed by atoms with Crippen LogP contribution in [0.15, 0.2) is 18.3 Å². The lowest BCUT2D eigenvalue weighted by Gasteiger charge is -2.23. The van der Waals surface area contributed by atoms with Crippen molar-refractivity contribution in [3.63, 3.8) is 0 Å². The molecule has 2 heterocycles. The van der Waals surface area contributed by atoms with Crippen molar-refractivity contribution in [3.05, 3.63) is 29.6 Å². The summed E-state index contributed by atoms with van der Waals surface area (Å²) in [5.74, 6) is -0.275. The standard InChI is InChI=1S/C17H22N4O4/c1-3-25-9(2)17(24)21-7-11-12(8-21)14(11)20-16(23)10-4-5-13(15(18)22)19-6-10/h4-6,9,11-12,14H,3,7-8H2,1-2H3,(H2,18,22)(H,20,23)/t9?,11-,12+,14?. The number of primary amides is 1. The summed E-state index contributed by atoms with van der Waals surface area (Å²) in [6.07, 6.45) is 0.915. The van der Waals surface area contributed by atoms with Gasteiger partial charge in [0.2, 0.25) is 0 Å². The van der Waals surface area contributed by atoms with Crippen molar-refractivity contribution in [3.8, 4) is 0 Å². The molecule has 1 aromatic rings. The first-order chi connectivity index (χ1) is 11.9. The number of nitrogens with one attached hydrogen (secondary N) is 1. The third-order valence-electron chi connectivity index (χ3n) is 4.85. The fraction of sp³-hybridized carbons (Fsp3) is 0.529. The maximum Gasteiger partial charge on any atom is 0.267 e. The van der Waals surface area contributed by atoms with E-state index in [0.717, 1.165) is 0 Å². The van der Waals surface area contributed by atoms with Crippen LogP contribution in [0.3, 0.4) is 0 Å². The van der Waals surface area contributed by atoms with E-state index in [0.29, 0.717) is 37.1 Å². The van der Waals surface area contributed by atoms with E-state index in [4.69, 9.17) is 10.5 Å². The SMILES string of the molecule is CCOC(C)C(=O)N1C[C@@H]2C(NC(=O)c3ccc(C(N)=O)nc3)[C@@H]2C1. The van der Waals surface area contributed by atoms with Crippen LogP contribution in [0, 0.1) is 11.8 Å². The summed E-state index contributed by atoms with van der Waals surface area (Å²) in [5.41, 5.74) is 5.63. The molecule has 2 fully saturated rings. The zero-order valence-corrected chi connectivity index (χ0v) is 14.3. The molecule has 1 aliphatic carbocycles. The summed E-state index contributed by atoms with van der Waals surface area (Å²) in [5, 5.41) is 2.97. The Hall–Kier alpha value is -2.48. The molecule has 2 unspecified atom stereocenters. The number of carbonyl (C=O) groups excluding carboxylic acids is 3. The number of hydrogen-bond acceptors (Lipinski definition) is 5. The Kier molecular flexibility index (Phi) is 4.71. The maximum absolute atomic E-state index is 12.2. The minimum atomic E-state index is -0.630. The molecule has 1 saturated heterocycles. The molecule has 4 atom stereocenters. The highest BCUT2D eigenvalue weighted by Gasteiger charge is 2.57. The van der Waals surface area contributed by atoms with Gasteiger partial charge in [-0.05, 0) is 26.0 Å². The van der Waals surface area contributed by atoms with Crippen LogP contribution >= 0.6 is 0 Å². The van der Waals surface area contributed by atoms with Crippen LogP contribution in [-0.4, -0.2) is 59.4 Å². The van der Waals surface area contributed by atoms with Gasteiger partial charge in [0.1, 0.15) is 11.8 Å². The molecule has 3 rings (SSSR count). The summed E-state index contributed by atoms with van der Waals surface area (Å²) < 4.78 is 5.34. The zero-order chi connectivity index (χ0) is 18.1. The fourth-order valence-electron chi connectivity index (χ4n) is 3.41. The third kappa shape index (κ3) is 3.48. The van der Waals surface area contributed by atoms with E-state index in [1.54, 1.807) is 6.92 Å². The number of nitrogens with zero attached hydrogens (tertiary/aromatic N) is 2. The Morgan fingerprint density at radius 1 is 1.36 bits per heavy atom. The molecular weight excluding hydrogens is 324 g/mol. The second-order valence-corrected chi connectivity index (χ2v) is 6.46. The van der Waals surface area contributed by atoms with Crippen LogP contribution in [0.25, 0.3) is 0 Å². The van der Waals surface area contributed by atoms with Gasteiger partial charge in [-0.3, -0.25) is 19.4 Å². The van der Waals surface area contributed by atoms with Crippen LogP contribution in [0.1, 0.15) is 34.7 Å². The highest BCUT2D eigenvalue weighted by atomic mass is 16.5. The van der Waals surface area contributed by atoms with Gasteiger partial charge in [-0.2, -0.15) is 0 Å². The van der Waals surface area contributed by atoms with E-state index < -0.39 is 12.0 Å². The van der Waals surface area contributed by atoms with Crippen molar-refractivity contribution < 1.29 is 19.1 Å². The lowest BCUT2D eigenvalue weighted by atomic mass is 10.2. The monoisotopic (exact) mass is 346 g/mol. The number of likely N-dealkylation sites (tertiary alicyclic amines) is 1. The van der Waals surface area contributed by atoms with Crippen LogP contribution in [0.4, 0.5) is 0 Å². The molecule has 0 spiro atoms. The summed E-state index contributed by atoms with van der Waals surface area (Å²) in [6.45, 7) is 5.42. The van der Waals surface area contributed by atoms with Gasteiger partial charge < -0.3 is 20.7 Å². The van der Waals surface area contributed by atoms with Crippen molar-refractivity contribution in [2.75, 3.05) is 19.7 Å². The Morgan fingerprint density at radius 3 is 2.56 bits per heavy atom. The van der Waals surface area contributed by atoms with Gasteiger partial charge in [0, 0.05) is 43.8 Å². The predicted octanol–water partition coefficient (Wildman–Crippen LogP) is -0.208. The van der Waals surface area contributed by atoms with Gasteiger partial charge in [0.05, 0.1) is 5.56 Å². The number of hydrogen-bond donors (Lipinski definition) is 2. The van der Waals surface area contributed by atoms with Crippen molar-refractivity contribution in [2.24, 2.45) is 17.6 Å². The van der Waals surface area contributed by atoms with Crippen molar-refractivity contribution >= 4 is 17.7 Å². The lowest BCUT2D eigenvalue weighted by molar-refractivity contribution is -0.141. The molecule has 3 N–H and O–H groups in total. The molecule has 134 valence electrons. The third-order valence-corrected chi connectivity index (χ3v) is 4.85.